The number of halogens is 1. The van der Waals surface area contributed by atoms with E-state index in [2.05, 4.69) is 5.32 Å². The summed E-state index contributed by atoms with van der Waals surface area (Å²) in [4.78, 5) is 22.5. The highest BCUT2D eigenvalue weighted by molar-refractivity contribution is 5.72. The van der Waals surface area contributed by atoms with Crippen molar-refractivity contribution in [3.05, 3.63) is 35.6 Å². The minimum atomic E-state index is -1.07. The summed E-state index contributed by atoms with van der Waals surface area (Å²) < 4.78 is 17.9. The second-order valence-electron chi connectivity index (χ2n) is 5.35. The topological polar surface area (TPSA) is 75.6 Å². The van der Waals surface area contributed by atoms with Crippen LogP contribution >= 0.6 is 0 Å². The van der Waals surface area contributed by atoms with Gasteiger partial charge in [-0.2, -0.15) is 0 Å². The van der Waals surface area contributed by atoms with Gasteiger partial charge in [0.05, 0.1) is 12.5 Å². The third-order valence-corrected chi connectivity index (χ3v) is 2.34. The van der Waals surface area contributed by atoms with Gasteiger partial charge in [0, 0.05) is 0 Å². The average Bonchev–Trinajstić information content (AvgIpc) is 2.25. The largest absolute Gasteiger partial charge is 0.481 e. The molecule has 1 amide bonds. The van der Waals surface area contributed by atoms with Crippen molar-refractivity contribution < 1.29 is 23.8 Å². The van der Waals surface area contributed by atoms with Crippen molar-refractivity contribution in [2.45, 2.75) is 38.8 Å². The summed E-state index contributed by atoms with van der Waals surface area (Å²) in [5.41, 5.74) is -0.180. The van der Waals surface area contributed by atoms with Gasteiger partial charge in [0.15, 0.2) is 0 Å². The van der Waals surface area contributed by atoms with Gasteiger partial charge in [-0.05, 0) is 38.5 Å². The fourth-order valence-corrected chi connectivity index (χ4v) is 1.57. The molecule has 2 N–H and O–H groups in total. The zero-order valence-electron chi connectivity index (χ0n) is 11.6. The molecule has 1 unspecified atom stereocenters. The van der Waals surface area contributed by atoms with Gasteiger partial charge in [0.2, 0.25) is 0 Å². The predicted octanol–water partition coefficient (Wildman–Crippen LogP) is 2.87. The molecule has 1 aromatic rings. The third kappa shape index (κ3) is 5.69. The third-order valence-electron chi connectivity index (χ3n) is 2.34. The van der Waals surface area contributed by atoms with Crippen LogP contribution < -0.4 is 5.32 Å². The Labute approximate surface area is 116 Å². The van der Waals surface area contributed by atoms with Crippen LogP contribution in [0.2, 0.25) is 0 Å². The van der Waals surface area contributed by atoms with Gasteiger partial charge < -0.3 is 15.2 Å². The molecule has 0 spiro atoms. The molecule has 0 aliphatic heterocycles. The maximum absolute atomic E-state index is 12.9. The summed E-state index contributed by atoms with van der Waals surface area (Å²) in [6.45, 7) is 5.12. The van der Waals surface area contributed by atoms with Gasteiger partial charge in [-0.3, -0.25) is 4.79 Å². The van der Waals surface area contributed by atoms with Crippen LogP contribution in [0.1, 0.15) is 38.8 Å². The fraction of sp³-hybridized carbons (Fsp3) is 0.429. The van der Waals surface area contributed by atoms with Gasteiger partial charge in [0.25, 0.3) is 0 Å². The Balaban J connectivity index is 2.82. The molecule has 0 aliphatic rings. The number of carboxylic acid groups (broad SMARTS) is 1. The Bertz CT molecular complexity index is 479. The number of rotatable bonds is 4. The first-order valence-corrected chi connectivity index (χ1v) is 6.14. The van der Waals surface area contributed by atoms with Gasteiger partial charge >= 0.3 is 12.1 Å². The van der Waals surface area contributed by atoms with Crippen molar-refractivity contribution in [1.82, 2.24) is 5.32 Å². The molecule has 1 rings (SSSR count). The van der Waals surface area contributed by atoms with E-state index in [1.165, 1.54) is 24.3 Å². The summed E-state index contributed by atoms with van der Waals surface area (Å²) in [6, 6.07) is 4.51. The molecular formula is C14H18FNO4. The van der Waals surface area contributed by atoms with Gasteiger partial charge in [-0.1, -0.05) is 12.1 Å². The number of carboxylic acids is 1. The van der Waals surface area contributed by atoms with Crippen molar-refractivity contribution in [1.29, 1.82) is 0 Å². The fourth-order valence-electron chi connectivity index (χ4n) is 1.57. The molecule has 1 aromatic carbocycles. The van der Waals surface area contributed by atoms with Gasteiger partial charge in [0.1, 0.15) is 11.4 Å². The van der Waals surface area contributed by atoms with Gasteiger partial charge in [-0.25, -0.2) is 9.18 Å². The smallest absolute Gasteiger partial charge is 0.408 e. The zero-order chi connectivity index (χ0) is 15.3. The molecule has 6 heteroatoms. The van der Waals surface area contributed by atoms with Crippen LogP contribution in [0.15, 0.2) is 24.3 Å². The molecule has 110 valence electrons. The lowest BCUT2D eigenvalue weighted by Crippen LogP contribution is -2.35. The van der Waals surface area contributed by atoms with Crippen molar-refractivity contribution in [3.63, 3.8) is 0 Å². The van der Waals surface area contributed by atoms with Crippen molar-refractivity contribution in [2.24, 2.45) is 0 Å². The highest BCUT2D eigenvalue weighted by Crippen LogP contribution is 2.18. The number of ether oxygens (including phenoxy) is 1. The van der Waals surface area contributed by atoms with Crippen LogP contribution in [0.3, 0.4) is 0 Å². The van der Waals surface area contributed by atoms with E-state index < -0.39 is 29.5 Å². The van der Waals surface area contributed by atoms with Crippen LogP contribution in [0.4, 0.5) is 9.18 Å². The number of amides is 1. The van der Waals surface area contributed by atoms with Crippen LogP contribution in [-0.4, -0.2) is 22.8 Å². The minimum absolute atomic E-state index is 0.315. The molecule has 5 nitrogen and oxygen atoms in total. The summed E-state index contributed by atoms with van der Waals surface area (Å²) in [6.07, 6.45) is -1.03. The maximum atomic E-state index is 12.9. The second kappa shape index (κ2) is 6.36. The quantitative estimate of drug-likeness (QED) is 0.891. The summed E-state index contributed by atoms with van der Waals surface area (Å²) in [7, 11) is 0. The average molecular weight is 283 g/mol. The molecule has 20 heavy (non-hydrogen) atoms. The highest BCUT2D eigenvalue weighted by atomic mass is 19.1. The van der Waals surface area contributed by atoms with Crippen molar-refractivity contribution in [3.8, 4) is 0 Å². The number of hydrogen-bond acceptors (Lipinski definition) is 3. The Kier molecular flexibility index (Phi) is 5.07. The van der Waals surface area contributed by atoms with E-state index in [1.807, 2.05) is 0 Å². The first-order chi connectivity index (χ1) is 9.17. The standard InChI is InChI=1S/C14H18FNO4/c1-14(2,3)20-13(19)16-11(8-12(17)18)9-4-6-10(15)7-5-9/h4-7,11H,8H2,1-3H3,(H,16,19)(H,17,18). The molecule has 0 aromatic heterocycles. The molecule has 0 heterocycles. The van der Waals surface area contributed by atoms with E-state index >= 15 is 0 Å². The first-order valence-electron chi connectivity index (χ1n) is 6.14. The van der Waals surface area contributed by atoms with Gasteiger partial charge in [-0.15, -0.1) is 0 Å². The zero-order valence-corrected chi connectivity index (χ0v) is 11.6. The Hall–Kier alpha value is -2.11. The van der Waals surface area contributed by atoms with Crippen LogP contribution in [-0.2, 0) is 9.53 Å². The summed E-state index contributed by atoms with van der Waals surface area (Å²) >= 11 is 0. The van der Waals surface area contributed by atoms with Crippen LogP contribution in [0.25, 0.3) is 0 Å². The lowest BCUT2D eigenvalue weighted by molar-refractivity contribution is -0.137. The van der Waals surface area contributed by atoms with Crippen LogP contribution in [0.5, 0.6) is 0 Å². The number of nitrogens with one attached hydrogen (secondary N) is 1. The van der Waals surface area contributed by atoms with E-state index in [4.69, 9.17) is 9.84 Å². The van der Waals surface area contributed by atoms with E-state index in [-0.39, 0.29) is 6.42 Å². The number of carbonyl (C=O) groups excluding carboxylic acids is 1. The number of hydrogen-bond donors (Lipinski definition) is 2. The Morgan fingerprint density at radius 2 is 1.85 bits per heavy atom. The molecule has 0 fully saturated rings. The molecular weight excluding hydrogens is 265 g/mol. The molecule has 1 atom stereocenters. The number of aliphatic carboxylic acids is 1. The van der Waals surface area contributed by atoms with E-state index in [0.29, 0.717) is 5.56 Å². The Morgan fingerprint density at radius 1 is 1.30 bits per heavy atom. The van der Waals surface area contributed by atoms with Crippen LogP contribution in [0, 0.1) is 5.82 Å². The van der Waals surface area contributed by atoms with E-state index in [9.17, 15) is 14.0 Å². The molecule has 0 radical (unpaired) electrons. The lowest BCUT2D eigenvalue weighted by atomic mass is 10.0. The SMILES string of the molecule is CC(C)(C)OC(=O)NC(CC(=O)O)c1ccc(F)cc1. The number of carbonyl (C=O) groups is 2. The number of alkyl carbamates (subject to hydrolysis) is 1. The molecule has 0 saturated carbocycles. The van der Waals surface area contributed by atoms with E-state index in [1.54, 1.807) is 20.8 Å². The molecule has 0 bridgehead atoms. The first kappa shape index (κ1) is 15.9. The van der Waals surface area contributed by atoms with Crippen molar-refractivity contribution in [2.75, 3.05) is 0 Å². The predicted molar refractivity (Wildman–Crippen MR) is 70.8 cm³/mol. The molecule has 0 aliphatic carbocycles. The molecule has 0 saturated heterocycles. The van der Waals surface area contributed by atoms with Crippen molar-refractivity contribution >= 4 is 12.1 Å². The maximum Gasteiger partial charge on any atom is 0.408 e. The minimum Gasteiger partial charge on any atom is -0.481 e. The second-order valence-corrected chi connectivity index (χ2v) is 5.35. The highest BCUT2D eigenvalue weighted by Gasteiger charge is 2.22. The normalized spacial score (nSPS) is 12.6. The number of benzene rings is 1. The summed E-state index contributed by atoms with van der Waals surface area (Å²) in [5, 5.41) is 11.4. The Morgan fingerprint density at radius 3 is 2.30 bits per heavy atom. The monoisotopic (exact) mass is 283 g/mol. The van der Waals surface area contributed by atoms with E-state index in [0.717, 1.165) is 0 Å². The summed E-state index contributed by atoms with van der Waals surface area (Å²) in [5.74, 6) is -1.50. The lowest BCUT2D eigenvalue weighted by Gasteiger charge is -2.23.